The van der Waals surface area contributed by atoms with Crippen LogP contribution in [0.1, 0.15) is 24.0 Å². The number of benzene rings is 2. The van der Waals surface area contributed by atoms with Gasteiger partial charge in [-0.25, -0.2) is 4.98 Å². The average Bonchev–Trinajstić information content (AvgIpc) is 3.39. The van der Waals surface area contributed by atoms with Gasteiger partial charge in [-0.2, -0.15) is 5.26 Å². The molecule has 4 nitrogen and oxygen atoms in total. The van der Waals surface area contributed by atoms with Crippen LogP contribution in [0, 0.1) is 11.3 Å². The fraction of sp³-hybridized carbons (Fsp3) is 0.0769. The normalized spacial score (nSPS) is 11.8. The number of hydrogen-bond acceptors (Lipinski definition) is 2. The number of para-hydroxylation sites is 2. The molecule has 0 radical (unpaired) electrons. The Morgan fingerprint density at radius 2 is 1.87 bits per heavy atom. The molecule has 3 aromatic heterocycles. The summed E-state index contributed by atoms with van der Waals surface area (Å²) in [5.41, 5.74) is 7.80. The Morgan fingerprint density at radius 3 is 2.63 bits per heavy atom. The van der Waals surface area contributed by atoms with Crippen LogP contribution in [0.2, 0.25) is 0 Å². The molecule has 5 rings (SSSR count). The summed E-state index contributed by atoms with van der Waals surface area (Å²) in [5, 5.41) is 9.95. The van der Waals surface area contributed by atoms with Crippen LogP contribution in [-0.4, -0.2) is 14.4 Å². The van der Waals surface area contributed by atoms with Crippen molar-refractivity contribution >= 4 is 28.2 Å². The van der Waals surface area contributed by atoms with Gasteiger partial charge in [0.25, 0.3) is 0 Å². The number of nitriles is 1. The van der Waals surface area contributed by atoms with Gasteiger partial charge >= 0.3 is 0 Å². The molecule has 3 heterocycles. The standard InChI is InChI=1S/C26H20N4/c1-2-18-12-13-21-15-22(19-8-4-3-5-9-19)25(30(21)17-18)14-20(16-27)26-28-23-10-6-7-11-24(23)29-26/h3-15,17H,2H2,1H3,(H,28,29). The highest BCUT2D eigenvalue weighted by Crippen LogP contribution is 2.31. The molecule has 0 aliphatic rings. The predicted octanol–water partition coefficient (Wildman–Crippen LogP) is 6.11. The van der Waals surface area contributed by atoms with Crippen molar-refractivity contribution in [2.75, 3.05) is 0 Å². The highest BCUT2D eigenvalue weighted by molar-refractivity contribution is 5.94. The number of rotatable bonds is 4. The fourth-order valence-electron chi connectivity index (χ4n) is 3.81. The molecule has 30 heavy (non-hydrogen) atoms. The van der Waals surface area contributed by atoms with E-state index in [4.69, 9.17) is 0 Å². The highest BCUT2D eigenvalue weighted by atomic mass is 14.9. The van der Waals surface area contributed by atoms with E-state index in [0.717, 1.165) is 39.8 Å². The molecule has 4 heteroatoms. The summed E-state index contributed by atoms with van der Waals surface area (Å²) >= 11 is 0. The van der Waals surface area contributed by atoms with Crippen molar-refractivity contribution in [3.8, 4) is 17.2 Å². The predicted molar refractivity (Wildman–Crippen MR) is 122 cm³/mol. The zero-order valence-electron chi connectivity index (χ0n) is 16.6. The number of nitrogens with zero attached hydrogens (tertiary/aromatic N) is 3. The van der Waals surface area contributed by atoms with Gasteiger partial charge in [0.2, 0.25) is 0 Å². The van der Waals surface area contributed by atoms with E-state index in [1.807, 2.05) is 48.5 Å². The van der Waals surface area contributed by atoms with Crippen LogP contribution in [0.4, 0.5) is 0 Å². The van der Waals surface area contributed by atoms with E-state index in [1.54, 1.807) is 0 Å². The Morgan fingerprint density at radius 1 is 1.07 bits per heavy atom. The van der Waals surface area contributed by atoms with Crippen molar-refractivity contribution in [2.24, 2.45) is 0 Å². The minimum Gasteiger partial charge on any atom is -0.337 e. The molecule has 0 unspecified atom stereocenters. The van der Waals surface area contributed by atoms with Crippen molar-refractivity contribution in [3.63, 3.8) is 0 Å². The van der Waals surface area contributed by atoms with Gasteiger partial charge in [-0.05, 0) is 47.9 Å². The molecule has 0 bridgehead atoms. The lowest BCUT2D eigenvalue weighted by Gasteiger charge is -2.05. The van der Waals surface area contributed by atoms with Crippen molar-refractivity contribution in [3.05, 3.63) is 96.1 Å². The number of aromatic amines is 1. The summed E-state index contributed by atoms with van der Waals surface area (Å²) in [5.74, 6) is 0.583. The van der Waals surface area contributed by atoms with Gasteiger partial charge in [0.1, 0.15) is 11.9 Å². The molecule has 0 saturated carbocycles. The summed E-state index contributed by atoms with van der Waals surface area (Å²) in [6, 6.07) is 26.9. The number of aryl methyl sites for hydroxylation is 1. The molecular formula is C26H20N4. The van der Waals surface area contributed by atoms with Gasteiger partial charge in [-0.3, -0.25) is 0 Å². The van der Waals surface area contributed by atoms with Crippen molar-refractivity contribution in [1.82, 2.24) is 14.4 Å². The maximum atomic E-state index is 9.95. The van der Waals surface area contributed by atoms with Gasteiger partial charge < -0.3 is 9.38 Å². The SMILES string of the molecule is CCc1ccc2cc(-c3ccccc3)c(C=C(C#N)c3nc4ccccc4[nH]3)n2c1. The minimum absolute atomic E-state index is 0.505. The molecule has 0 aliphatic heterocycles. The van der Waals surface area contributed by atoms with Crippen LogP contribution >= 0.6 is 0 Å². The van der Waals surface area contributed by atoms with E-state index >= 15 is 0 Å². The third-order valence-electron chi connectivity index (χ3n) is 5.41. The van der Waals surface area contributed by atoms with Crippen molar-refractivity contribution in [2.45, 2.75) is 13.3 Å². The number of pyridine rings is 1. The highest BCUT2D eigenvalue weighted by Gasteiger charge is 2.14. The Hall–Kier alpha value is -4.10. The monoisotopic (exact) mass is 388 g/mol. The first kappa shape index (κ1) is 18.0. The summed E-state index contributed by atoms with van der Waals surface area (Å²) in [4.78, 5) is 7.90. The van der Waals surface area contributed by atoms with E-state index in [9.17, 15) is 5.26 Å². The molecule has 144 valence electrons. The van der Waals surface area contributed by atoms with Gasteiger partial charge in [0.15, 0.2) is 0 Å². The van der Waals surface area contributed by atoms with Crippen molar-refractivity contribution in [1.29, 1.82) is 5.26 Å². The van der Waals surface area contributed by atoms with E-state index in [-0.39, 0.29) is 0 Å². The Labute approximate surface area is 174 Å². The minimum atomic E-state index is 0.505. The zero-order valence-corrected chi connectivity index (χ0v) is 16.6. The van der Waals surface area contributed by atoms with Crippen LogP contribution in [0.5, 0.6) is 0 Å². The Kier molecular flexibility index (Phi) is 4.42. The summed E-state index contributed by atoms with van der Waals surface area (Å²) in [6.07, 6.45) is 5.04. The summed E-state index contributed by atoms with van der Waals surface area (Å²) in [6.45, 7) is 2.15. The number of aromatic nitrogens is 3. The van der Waals surface area contributed by atoms with Crippen LogP contribution in [0.15, 0.2) is 79.0 Å². The molecule has 0 spiro atoms. The van der Waals surface area contributed by atoms with Gasteiger partial charge in [-0.15, -0.1) is 0 Å². The lowest BCUT2D eigenvalue weighted by Crippen LogP contribution is -1.93. The quantitative estimate of drug-likeness (QED) is 0.378. The molecule has 1 N–H and O–H groups in total. The average molecular weight is 388 g/mol. The third-order valence-corrected chi connectivity index (χ3v) is 5.41. The van der Waals surface area contributed by atoms with E-state index in [2.05, 4.69) is 63.9 Å². The zero-order chi connectivity index (χ0) is 20.5. The number of allylic oxidation sites excluding steroid dienone is 1. The molecular weight excluding hydrogens is 368 g/mol. The fourth-order valence-corrected chi connectivity index (χ4v) is 3.81. The molecule has 0 atom stereocenters. The molecule has 0 aliphatic carbocycles. The Balaban J connectivity index is 1.76. The van der Waals surface area contributed by atoms with Crippen molar-refractivity contribution < 1.29 is 0 Å². The van der Waals surface area contributed by atoms with Gasteiger partial charge in [0.05, 0.1) is 22.3 Å². The Bertz CT molecular complexity index is 1400. The first-order valence-corrected chi connectivity index (χ1v) is 10.0. The second kappa shape index (κ2) is 7.38. The van der Waals surface area contributed by atoms with Gasteiger partial charge in [0, 0.05) is 17.3 Å². The van der Waals surface area contributed by atoms with Crippen LogP contribution < -0.4 is 0 Å². The lowest BCUT2D eigenvalue weighted by molar-refractivity contribution is 1.07. The smallest absolute Gasteiger partial charge is 0.149 e. The molecule has 2 aromatic carbocycles. The van der Waals surface area contributed by atoms with E-state index in [0.29, 0.717) is 11.4 Å². The second-order valence-electron chi connectivity index (χ2n) is 7.27. The number of imidazole rings is 1. The molecule has 5 aromatic rings. The second-order valence-corrected chi connectivity index (χ2v) is 7.27. The molecule has 0 saturated heterocycles. The first-order valence-electron chi connectivity index (χ1n) is 10.0. The van der Waals surface area contributed by atoms with Crippen LogP contribution in [0.3, 0.4) is 0 Å². The number of nitrogens with one attached hydrogen (secondary N) is 1. The van der Waals surface area contributed by atoms with Crippen LogP contribution in [-0.2, 0) is 6.42 Å². The van der Waals surface area contributed by atoms with E-state index < -0.39 is 0 Å². The number of fused-ring (bicyclic) bond motifs is 2. The largest absolute Gasteiger partial charge is 0.337 e. The number of hydrogen-bond donors (Lipinski definition) is 1. The summed E-state index contributed by atoms with van der Waals surface area (Å²) in [7, 11) is 0. The summed E-state index contributed by atoms with van der Waals surface area (Å²) < 4.78 is 2.17. The molecule has 0 amide bonds. The topological polar surface area (TPSA) is 56.9 Å². The molecule has 0 fully saturated rings. The number of H-pyrrole nitrogens is 1. The third kappa shape index (κ3) is 3.07. The lowest BCUT2D eigenvalue weighted by atomic mass is 10.0. The maximum Gasteiger partial charge on any atom is 0.149 e. The van der Waals surface area contributed by atoms with Crippen LogP contribution in [0.25, 0.3) is 39.3 Å². The van der Waals surface area contributed by atoms with E-state index in [1.165, 1.54) is 5.56 Å². The maximum absolute atomic E-state index is 9.95. The van der Waals surface area contributed by atoms with Gasteiger partial charge in [-0.1, -0.05) is 55.5 Å². The first-order chi connectivity index (χ1) is 14.8.